The third-order valence-corrected chi connectivity index (χ3v) is 5.38. The van der Waals surface area contributed by atoms with Crippen LogP contribution in [0.3, 0.4) is 0 Å². The molecule has 3 nitrogen and oxygen atoms in total. The Bertz CT molecular complexity index is 1220. The zero-order chi connectivity index (χ0) is 22.0. The van der Waals surface area contributed by atoms with Gasteiger partial charge in [-0.25, -0.2) is 0 Å². The molecule has 0 saturated heterocycles. The van der Waals surface area contributed by atoms with E-state index in [-0.39, 0.29) is 5.75 Å². The van der Waals surface area contributed by atoms with Crippen LogP contribution in [-0.4, -0.2) is 14.7 Å². The third-order valence-electron chi connectivity index (χ3n) is 5.38. The highest BCUT2D eigenvalue weighted by Crippen LogP contribution is 2.31. The number of nitrogens with zero attached hydrogens (tertiary/aromatic N) is 2. The molecule has 4 rings (SSSR count). The average Bonchev–Trinajstić information content (AvgIpc) is 2.99. The fraction of sp³-hybridized carbons (Fsp3) is 0.160. The predicted molar refractivity (Wildman–Crippen MR) is 116 cm³/mol. The molecule has 2 heterocycles. The molecule has 4 aromatic rings. The van der Waals surface area contributed by atoms with Crippen LogP contribution in [0.2, 0.25) is 0 Å². The van der Waals surface area contributed by atoms with Gasteiger partial charge in [0.05, 0.1) is 5.56 Å². The molecule has 0 saturated carbocycles. The van der Waals surface area contributed by atoms with Gasteiger partial charge in [-0.3, -0.25) is 4.98 Å². The second kappa shape index (κ2) is 8.30. The van der Waals surface area contributed by atoms with Crippen molar-refractivity contribution in [1.82, 2.24) is 9.55 Å². The van der Waals surface area contributed by atoms with Crippen LogP contribution in [0.25, 0.3) is 17.0 Å². The molecular weight excluding hydrogens is 401 g/mol. The summed E-state index contributed by atoms with van der Waals surface area (Å²) in [6, 6.07) is 14.3. The molecule has 0 radical (unpaired) electrons. The van der Waals surface area contributed by atoms with E-state index in [1.807, 2.05) is 43.5 Å². The van der Waals surface area contributed by atoms with Gasteiger partial charge in [0, 0.05) is 42.0 Å². The number of aromatic nitrogens is 2. The van der Waals surface area contributed by atoms with E-state index in [9.17, 15) is 18.3 Å². The minimum atomic E-state index is -4.33. The number of phenolic OH excluding ortho intramolecular Hbond substituents is 1. The van der Waals surface area contributed by atoms with Crippen molar-refractivity contribution in [3.05, 3.63) is 101 Å². The summed E-state index contributed by atoms with van der Waals surface area (Å²) in [6.07, 6.45) is 3.66. The molecular formula is C25H21F3N2O. The minimum Gasteiger partial charge on any atom is -0.508 e. The second-order valence-electron chi connectivity index (χ2n) is 7.44. The second-order valence-corrected chi connectivity index (χ2v) is 7.44. The Kier molecular flexibility index (Phi) is 5.55. The number of aromatic hydroxyl groups is 1. The van der Waals surface area contributed by atoms with Gasteiger partial charge in [0.2, 0.25) is 0 Å². The highest BCUT2D eigenvalue weighted by molar-refractivity contribution is 5.87. The Balaban J connectivity index is 1.63. The number of allylic oxidation sites excluding steroid dienone is 1. The van der Waals surface area contributed by atoms with Gasteiger partial charge in [-0.1, -0.05) is 30.4 Å². The van der Waals surface area contributed by atoms with Gasteiger partial charge in [0.15, 0.2) is 0 Å². The summed E-state index contributed by atoms with van der Waals surface area (Å²) >= 11 is 0. The number of hydrogen-bond acceptors (Lipinski definition) is 2. The van der Waals surface area contributed by atoms with E-state index >= 15 is 0 Å². The first-order chi connectivity index (χ1) is 14.8. The topological polar surface area (TPSA) is 38.1 Å². The van der Waals surface area contributed by atoms with Crippen molar-refractivity contribution in [3.63, 3.8) is 0 Å². The van der Waals surface area contributed by atoms with E-state index in [1.165, 1.54) is 12.1 Å². The predicted octanol–water partition coefficient (Wildman–Crippen LogP) is 6.37. The number of fused-ring (bicyclic) bond motifs is 1. The fourth-order valence-corrected chi connectivity index (χ4v) is 3.78. The Morgan fingerprint density at radius 1 is 1.06 bits per heavy atom. The highest BCUT2D eigenvalue weighted by Gasteiger charge is 2.29. The van der Waals surface area contributed by atoms with E-state index in [2.05, 4.69) is 9.55 Å². The first kappa shape index (κ1) is 20.7. The molecule has 2 aromatic heterocycles. The quantitative estimate of drug-likeness (QED) is 0.406. The van der Waals surface area contributed by atoms with E-state index in [1.54, 1.807) is 18.3 Å². The molecule has 0 unspecified atom stereocenters. The molecule has 1 N–H and O–H groups in total. The molecule has 0 fully saturated rings. The van der Waals surface area contributed by atoms with Crippen LogP contribution in [0, 0.1) is 6.92 Å². The number of alkyl halides is 3. The summed E-state index contributed by atoms with van der Waals surface area (Å²) < 4.78 is 40.3. The van der Waals surface area contributed by atoms with Gasteiger partial charge in [-0.15, -0.1) is 0 Å². The van der Waals surface area contributed by atoms with Crippen molar-refractivity contribution >= 4 is 17.0 Å². The van der Waals surface area contributed by atoms with Crippen LogP contribution >= 0.6 is 0 Å². The van der Waals surface area contributed by atoms with Gasteiger partial charge in [-0.2, -0.15) is 13.2 Å². The third kappa shape index (κ3) is 4.48. The van der Waals surface area contributed by atoms with Crippen molar-refractivity contribution < 1.29 is 18.3 Å². The SMILES string of the molecule is Cc1c(Cc2cccnc2)c2cc(O)ccc2n1CC=Cc1ccc(C(F)(F)F)cc1. The van der Waals surface area contributed by atoms with Gasteiger partial charge in [0.25, 0.3) is 0 Å². The molecule has 158 valence electrons. The number of rotatable bonds is 5. The Morgan fingerprint density at radius 2 is 1.84 bits per heavy atom. The molecule has 6 heteroatoms. The van der Waals surface area contributed by atoms with Crippen LogP contribution in [0.1, 0.15) is 27.9 Å². The van der Waals surface area contributed by atoms with Crippen LogP contribution in [0.4, 0.5) is 13.2 Å². The van der Waals surface area contributed by atoms with E-state index < -0.39 is 11.7 Å². The van der Waals surface area contributed by atoms with Gasteiger partial charge < -0.3 is 9.67 Å². The number of halogens is 3. The number of benzene rings is 2. The van der Waals surface area contributed by atoms with Gasteiger partial charge in [0.1, 0.15) is 5.75 Å². The van der Waals surface area contributed by atoms with Crippen LogP contribution < -0.4 is 0 Å². The monoisotopic (exact) mass is 422 g/mol. The molecule has 0 amide bonds. The average molecular weight is 422 g/mol. The van der Waals surface area contributed by atoms with Crippen molar-refractivity contribution in [3.8, 4) is 5.75 Å². The largest absolute Gasteiger partial charge is 0.508 e. The lowest BCUT2D eigenvalue weighted by molar-refractivity contribution is -0.137. The van der Waals surface area contributed by atoms with E-state index in [4.69, 9.17) is 0 Å². The molecule has 0 bridgehead atoms. The number of hydrogen-bond donors (Lipinski definition) is 1. The molecule has 0 atom stereocenters. The normalized spacial score (nSPS) is 12.1. The van der Waals surface area contributed by atoms with Crippen LogP contribution in [0.5, 0.6) is 5.75 Å². The van der Waals surface area contributed by atoms with Crippen molar-refractivity contribution in [2.75, 3.05) is 0 Å². The first-order valence-electron chi connectivity index (χ1n) is 9.86. The fourth-order valence-electron chi connectivity index (χ4n) is 3.78. The smallest absolute Gasteiger partial charge is 0.416 e. The standard InChI is InChI=1S/C25H21F3N2O/c1-17-22(14-19-4-2-12-29-16-19)23-15-21(31)10-11-24(23)30(17)13-3-5-18-6-8-20(9-7-18)25(26,27)28/h2-12,15-16,31H,13-14H2,1H3. The molecule has 0 aliphatic carbocycles. The summed E-state index contributed by atoms with van der Waals surface area (Å²) in [5.74, 6) is 0.206. The van der Waals surface area contributed by atoms with Crippen LogP contribution in [-0.2, 0) is 19.1 Å². The summed E-state index contributed by atoms with van der Waals surface area (Å²) in [4.78, 5) is 4.18. The zero-order valence-electron chi connectivity index (χ0n) is 16.9. The van der Waals surface area contributed by atoms with Gasteiger partial charge >= 0.3 is 6.18 Å². The molecule has 2 aromatic carbocycles. The van der Waals surface area contributed by atoms with Crippen molar-refractivity contribution in [1.29, 1.82) is 0 Å². The Labute approximate surface area is 178 Å². The van der Waals surface area contributed by atoms with E-state index in [0.29, 0.717) is 18.5 Å². The Morgan fingerprint density at radius 3 is 2.52 bits per heavy atom. The molecule has 0 aliphatic rings. The molecule has 31 heavy (non-hydrogen) atoms. The zero-order valence-corrected chi connectivity index (χ0v) is 16.9. The maximum absolute atomic E-state index is 12.7. The summed E-state index contributed by atoms with van der Waals surface area (Å²) in [5.41, 5.74) is 4.30. The lowest BCUT2D eigenvalue weighted by Crippen LogP contribution is -2.04. The van der Waals surface area contributed by atoms with Crippen LogP contribution in [0.15, 0.2) is 73.1 Å². The maximum Gasteiger partial charge on any atom is 0.416 e. The van der Waals surface area contributed by atoms with Crippen molar-refractivity contribution in [2.24, 2.45) is 0 Å². The first-order valence-corrected chi connectivity index (χ1v) is 9.86. The summed E-state index contributed by atoms with van der Waals surface area (Å²) in [6.45, 7) is 2.59. The Hall–Kier alpha value is -3.54. The van der Waals surface area contributed by atoms with E-state index in [0.717, 1.165) is 39.9 Å². The lowest BCUT2D eigenvalue weighted by atomic mass is 10.0. The highest BCUT2D eigenvalue weighted by atomic mass is 19.4. The molecule has 0 aliphatic heterocycles. The van der Waals surface area contributed by atoms with Gasteiger partial charge in [-0.05, 0) is 60.0 Å². The van der Waals surface area contributed by atoms with Crippen molar-refractivity contribution in [2.45, 2.75) is 26.1 Å². The minimum absolute atomic E-state index is 0.206. The number of phenols is 1. The summed E-state index contributed by atoms with van der Waals surface area (Å²) in [7, 11) is 0. The lowest BCUT2D eigenvalue weighted by Gasteiger charge is -2.07. The molecule has 0 spiro atoms. The summed E-state index contributed by atoms with van der Waals surface area (Å²) in [5, 5.41) is 11.0. The number of pyridine rings is 1. The maximum atomic E-state index is 12.7.